The van der Waals surface area contributed by atoms with E-state index in [1.54, 1.807) is 0 Å². The van der Waals surface area contributed by atoms with Gasteiger partial charge in [0, 0.05) is 50.2 Å². The van der Waals surface area contributed by atoms with Crippen LogP contribution in [0.2, 0.25) is 0 Å². The van der Waals surface area contributed by atoms with E-state index in [1.165, 1.54) is 29.6 Å². The molecule has 4 rings (SSSR count). The fourth-order valence-corrected chi connectivity index (χ4v) is 3.97. The number of pyridine rings is 1. The Balaban J connectivity index is 1.35. The molecule has 130 valence electrons. The number of anilines is 1. The van der Waals surface area contributed by atoms with Crippen LogP contribution in [0.25, 0.3) is 0 Å². The van der Waals surface area contributed by atoms with Gasteiger partial charge in [0.25, 0.3) is 5.91 Å². The Morgan fingerprint density at radius 2 is 1.92 bits per heavy atom. The van der Waals surface area contributed by atoms with Crippen molar-refractivity contribution in [3.8, 4) is 0 Å². The first-order valence-electron chi connectivity index (χ1n) is 9.01. The number of carbonyl (C=O) groups excluding carboxylic acids is 1. The number of benzene rings is 1. The molecular weight excluding hydrogens is 314 g/mol. The molecule has 1 fully saturated rings. The van der Waals surface area contributed by atoms with Gasteiger partial charge in [-0.3, -0.25) is 9.59 Å². The third-order valence-electron chi connectivity index (χ3n) is 5.37. The van der Waals surface area contributed by atoms with Crippen molar-refractivity contribution in [2.45, 2.75) is 19.3 Å². The molecule has 0 bridgehead atoms. The molecule has 5 nitrogen and oxygen atoms in total. The van der Waals surface area contributed by atoms with E-state index in [1.807, 2.05) is 4.90 Å². The van der Waals surface area contributed by atoms with E-state index in [4.69, 9.17) is 0 Å². The van der Waals surface area contributed by atoms with Crippen molar-refractivity contribution in [1.29, 1.82) is 0 Å². The van der Waals surface area contributed by atoms with Crippen LogP contribution in [0.1, 0.15) is 28.9 Å². The van der Waals surface area contributed by atoms with Gasteiger partial charge in [0.05, 0.1) is 0 Å². The van der Waals surface area contributed by atoms with Crippen molar-refractivity contribution in [2.24, 2.45) is 5.92 Å². The van der Waals surface area contributed by atoms with Gasteiger partial charge in [-0.25, -0.2) is 0 Å². The molecule has 1 N–H and O–H groups in total. The molecule has 3 heterocycles. The highest BCUT2D eigenvalue weighted by molar-refractivity contribution is 5.92. The summed E-state index contributed by atoms with van der Waals surface area (Å²) in [5.41, 5.74) is 3.08. The summed E-state index contributed by atoms with van der Waals surface area (Å²) in [5, 5.41) is 0. The van der Waals surface area contributed by atoms with Crippen LogP contribution in [-0.4, -0.2) is 42.0 Å². The molecule has 1 aromatic carbocycles. The molecule has 2 aromatic rings. The number of para-hydroxylation sites is 1. The van der Waals surface area contributed by atoms with Crippen molar-refractivity contribution in [1.82, 2.24) is 9.88 Å². The third kappa shape index (κ3) is 3.31. The van der Waals surface area contributed by atoms with Gasteiger partial charge in [-0.1, -0.05) is 18.2 Å². The second-order valence-corrected chi connectivity index (χ2v) is 7.00. The van der Waals surface area contributed by atoms with Crippen molar-refractivity contribution in [2.75, 3.05) is 31.1 Å². The molecule has 2 aliphatic rings. The van der Waals surface area contributed by atoms with Crippen LogP contribution in [0.5, 0.6) is 0 Å². The third-order valence-corrected chi connectivity index (χ3v) is 5.37. The number of aromatic amines is 1. The number of fused-ring (bicyclic) bond motifs is 1. The molecular formula is C20H23N3O2. The predicted molar refractivity (Wildman–Crippen MR) is 98.0 cm³/mol. The summed E-state index contributed by atoms with van der Waals surface area (Å²) < 4.78 is 0. The minimum Gasteiger partial charge on any atom is -0.371 e. The van der Waals surface area contributed by atoms with Crippen LogP contribution in [0.3, 0.4) is 0 Å². The lowest BCUT2D eigenvalue weighted by Gasteiger charge is -2.34. The van der Waals surface area contributed by atoms with E-state index in [-0.39, 0.29) is 11.3 Å². The van der Waals surface area contributed by atoms with Gasteiger partial charge in [0.2, 0.25) is 0 Å². The van der Waals surface area contributed by atoms with E-state index in [0.29, 0.717) is 11.6 Å². The van der Waals surface area contributed by atoms with Gasteiger partial charge < -0.3 is 14.8 Å². The number of rotatable bonds is 3. The van der Waals surface area contributed by atoms with Gasteiger partial charge >= 0.3 is 0 Å². The summed E-state index contributed by atoms with van der Waals surface area (Å²) in [4.78, 5) is 31.2. The Morgan fingerprint density at radius 1 is 1.12 bits per heavy atom. The van der Waals surface area contributed by atoms with Crippen LogP contribution in [0.4, 0.5) is 5.69 Å². The van der Waals surface area contributed by atoms with E-state index in [2.05, 4.69) is 34.1 Å². The van der Waals surface area contributed by atoms with Gasteiger partial charge in [-0.05, 0) is 36.8 Å². The smallest absolute Gasteiger partial charge is 0.270 e. The minimum atomic E-state index is -0.135. The highest BCUT2D eigenvalue weighted by Gasteiger charge is 2.27. The maximum absolute atomic E-state index is 12.5. The first kappa shape index (κ1) is 15.9. The molecule has 2 aliphatic heterocycles. The van der Waals surface area contributed by atoms with Gasteiger partial charge in [0.1, 0.15) is 5.69 Å². The second-order valence-electron chi connectivity index (χ2n) is 7.00. The molecule has 0 aliphatic carbocycles. The van der Waals surface area contributed by atoms with E-state index in [9.17, 15) is 9.59 Å². The Bertz CT molecular complexity index is 821. The lowest BCUT2D eigenvalue weighted by Crippen LogP contribution is -2.41. The minimum absolute atomic E-state index is 0.0670. The number of carbonyl (C=O) groups is 1. The highest BCUT2D eigenvalue weighted by Crippen LogP contribution is 2.30. The zero-order valence-corrected chi connectivity index (χ0v) is 14.3. The summed E-state index contributed by atoms with van der Waals surface area (Å²) >= 11 is 0. The van der Waals surface area contributed by atoms with Gasteiger partial charge in [-0.2, -0.15) is 0 Å². The number of piperidine rings is 1. The quantitative estimate of drug-likeness (QED) is 0.935. The predicted octanol–water partition coefficient (Wildman–Crippen LogP) is 2.29. The van der Waals surface area contributed by atoms with Crippen LogP contribution >= 0.6 is 0 Å². The molecule has 1 amide bonds. The lowest BCUT2D eigenvalue weighted by molar-refractivity contribution is 0.0687. The van der Waals surface area contributed by atoms with Crippen molar-refractivity contribution in [3.05, 3.63) is 64.1 Å². The van der Waals surface area contributed by atoms with E-state index in [0.717, 1.165) is 45.4 Å². The molecule has 0 spiro atoms. The highest BCUT2D eigenvalue weighted by atomic mass is 16.2. The molecule has 0 unspecified atom stereocenters. The van der Waals surface area contributed by atoms with Crippen LogP contribution in [0, 0.1) is 5.92 Å². The number of aromatic nitrogens is 1. The zero-order chi connectivity index (χ0) is 17.2. The molecule has 5 heteroatoms. The molecule has 1 aromatic heterocycles. The van der Waals surface area contributed by atoms with Crippen molar-refractivity contribution < 1.29 is 4.79 Å². The Kier molecular flexibility index (Phi) is 4.30. The van der Waals surface area contributed by atoms with Crippen molar-refractivity contribution in [3.63, 3.8) is 0 Å². The van der Waals surface area contributed by atoms with E-state index < -0.39 is 0 Å². The Morgan fingerprint density at radius 3 is 2.72 bits per heavy atom. The lowest BCUT2D eigenvalue weighted by atomic mass is 9.96. The maximum Gasteiger partial charge on any atom is 0.270 e. The number of likely N-dealkylation sites (tertiary alicyclic amines) is 1. The van der Waals surface area contributed by atoms with Crippen LogP contribution in [0.15, 0.2) is 47.4 Å². The average Bonchev–Trinajstić information content (AvgIpc) is 3.05. The summed E-state index contributed by atoms with van der Waals surface area (Å²) in [7, 11) is 0. The summed E-state index contributed by atoms with van der Waals surface area (Å²) in [6.45, 7) is 3.69. The topological polar surface area (TPSA) is 56.4 Å². The molecule has 1 saturated heterocycles. The fraction of sp³-hybridized carbons (Fsp3) is 0.400. The normalized spacial score (nSPS) is 17.6. The van der Waals surface area contributed by atoms with Crippen LogP contribution < -0.4 is 10.3 Å². The average molecular weight is 337 g/mol. The Hall–Kier alpha value is -2.56. The summed E-state index contributed by atoms with van der Waals surface area (Å²) in [6, 6.07) is 11.5. The molecule has 0 radical (unpaired) electrons. The fourth-order valence-electron chi connectivity index (χ4n) is 3.97. The van der Waals surface area contributed by atoms with Gasteiger partial charge in [0.15, 0.2) is 5.43 Å². The number of hydrogen-bond donors (Lipinski definition) is 1. The second kappa shape index (κ2) is 6.75. The SMILES string of the molecule is O=C(c1cc(=O)cc[nH]1)N1CCC(CN2CCc3ccccc32)CC1. The Labute approximate surface area is 147 Å². The van der Waals surface area contributed by atoms with Gasteiger partial charge in [-0.15, -0.1) is 0 Å². The first-order chi connectivity index (χ1) is 12.2. The maximum atomic E-state index is 12.5. The summed E-state index contributed by atoms with van der Waals surface area (Å²) in [6.07, 6.45) is 4.70. The molecule has 0 atom stereocenters. The van der Waals surface area contributed by atoms with Crippen LogP contribution in [-0.2, 0) is 6.42 Å². The van der Waals surface area contributed by atoms with E-state index >= 15 is 0 Å². The zero-order valence-electron chi connectivity index (χ0n) is 14.3. The first-order valence-corrected chi connectivity index (χ1v) is 9.01. The number of H-pyrrole nitrogens is 1. The molecule has 25 heavy (non-hydrogen) atoms. The number of nitrogens with zero attached hydrogens (tertiary/aromatic N) is 2. The largest absolute Gasteiger partial charge is 0.371 e. The summed E-state index contributed by atoms with van der Waals surface area (Å²) in [5.74, 6) is 0.549. The number of amides is 1. The number of hydrogen-bond acceptors (Lipinski definition) is 3. The number of nitrogens with one attached hydrogen (secondary N) is 1. The molecule has 0 saturated carbocycles. The standard InChI is InChI=1S/C20H23N3O2/c24-17-5-9-21-18(13-17)20(25)22-10-6-15(7-11-22)14-23-12-8-16-3-1-2-4-19(16)23/h1-5,9,13,15H,6-8,10-12,14H2,(H,21,24). The monoisotopic (exact) mass is 337 g/mol. The van der Waals surface area contributed by atoms with Crippen molar-refractivity contribution >= 4 is 11.6 Å².